The minimum absolute atomic E-state index is 0.267. The lowest BCUT2D eigenvalue weighted by Gasteiger charge is -2.30. The van der Waals surface area contributed by atoms with Crippen LogP contribution in [0.25, 0.3) is 11.1 Å². The Balaban J connectivity index is 1.72. The molecule has 0 radical (unpaired) electrons. The van der Waals surface area contributed by atoms with Crippen LogP contribution in [0, 0.1) is 0 Å². The molecule has 0 bridgehead atoms. The second-order valence-corrected chi connectivity index (χ2v) is 11.9. The molecule has 2 N–H and O–H groups in total. The van der Waals surface area contributed by atoms with E-state index in [4.69, 9.17) is 28.8 Å². The van der Waals surface area contributed by atoms with E-state index in [1.807, 2.05) is 36.4 Å². The summed E-state index contributed by atoms with van der Waals surface area (Å²) in [6, 6.07) is 13.1. The van der Waals surface area contributed by atoms with Crippen molar-refractivity contribution in [3.63, 3.8) is 0 Å². The quantitative estimate of drug-likeness (QED) is 0.331. The van der Waals surface area contributed by atoms with Crippen molar-refractivity contribution in [1.82, 2.24) is 0 Å². The predicted octanol–water partition coefficient (Wildman–Crippen LogP) is 4.50. The summed E-state index contributed by atoms with van der Waals surface area (Å²) < 4.78 is 53.1. The zero-order chi connectivity index (χ0) is 25.0. The fraction of sp³-hybridized carbons (Fsp3) is 0.333. The first-order valence-electron chi connectivity index (χ1n) is 10.8. The zero-order valence-electron chi connectivity index (χ0n) is 19.3. The van der Waals surface area contributed by atoms with Gasteiger partial charge in [-0.1, -0.05) is 18.2 Å². The molecule has 1 aromatic heterocycles. The van der Waals surface area contributed by atoms with Gasteiger partial charge < -0.3 is 23.7 Å². The Morgan fingerprint density at radius 3 is 2.54 bits per heavy atom. The highest BCUT2D eigenvalue weighted by Crippen LogP contribution is 2.53. The molecule has 2 heterocycles. The zero-order valence-corrected chi connectivity index (χ0v) is 22.5. The Kier molecular flexibility index (Phi) is 8.35. The van der Waals surface area contributed by atoms with Gasteiger partial charge in [-0.3, -0.25) is 0 Å². The number of ether oxygens (including phenoxy) is 5. The van der Waals surface area contributed by atoms with Gasteiger partial charge in [0.1, 0.15) is 12.4 Å². The van der Waals surface area contributed by atoms with Gasteiger partial charge in [0.2, 0.25) is 10.0 Å². The molecule has 1 unspecified atom stereocenters. The number of nitrogens with two attached hydrogens (primary N) is 1. The molecule has 1 atom stereocenters. The maximum atomic E-state index is 11.7. The highest BCUT2D eigenvalue weighted by Gasteiger charge is 2.32. The number of benzene rings is 2. The number of rotatable bonds is 11. The highest BCUT2D eigenvalue weighted by molar-refractivity contribution is 9.11. The van der Waals surface area contributed by atoms with Crippen molar-refractivity contribution in [2.45, 2.75) is 11.9 Å². The summed E-state index contributed by atoms with van der Waals surface area (Å²) in [6.45, 7) is 1.75. The van der Waals surface area contributed by atoms with Crippen LogP contribution in [0.5, 0.6) is 17.2 Å². The lowest BCUT2D eigenvalue weighted by molar-refractivity contribution is 0.0540. The molecule has 0 aliphatic carbocycles. The average molecular weight is 585 g/mol. The van der Waals surface area contributed by atoms with E-state index in [9.17, 15) is 8.42 Å². The third kappa shape index (κ3) is 6.16. The molecular weight excluding hydrogens is 558 g/mol. The second kappa shape index (κ2) is 11.3. The van der Waals surface area contributed by atoms with Gasteiger partial charge in [0.25, 0.3) is 0 Å². The van der Waals surface area contributed by atoms with Crippen LogP contribution in [-0.4, -0.2) is 49.1 Å². The summed E-state index contributed by atoms with van der Waals surface area (Å²) in [6.07, 6.45) is -0.417. The van der Waals surface area contributed by atoms with Crippen molar-refractivity contribution in [2.75, 3.05) is 40.6 Å². The van der Waals surface area contributed by atoms with Crippen LogP contribution in [0.4, 0.5) is 0 Å². The molecule has 35 heavy (non-hydrogen) atoms. The van der Waals surface area contributed by atoms with Gasteiger partial charge in [0.05, 0.1) is 46.9 Å². The Labute approximate surface area is 217 Å². The Bertz CT molecular complexity index is 1290. The van der Waals surface area contributed by atoms with E-state index in [0.717, 1.165) is 25.4 Å². The van der Waals surface area contributed by atoms with Crippen LogP contribution < -0.4 is 19.3 Å². The minimum Gasteiger partial charge on any atom is -0.492 e. The number of methoxy groups -OCH3 is 2. The van der Waals surface area contributed by atoms with Crippen molar-refractivity contribution in [3.8, 4) is 28.4 Å². The van der Waals surface area contributed by atoms with Crippen LogP contribution in [-0.2, 0) is 25.2 Å². The number of halogens is 1. The molecule has 0 fully saturated rings. The largest absolute Gasteiger partial charge is 0.492 e. The summed E-state index contributed by atoms with van der Waals surface area (Å²) in [7, 11) is -0.490. The summed E-state index contributed by atoms with van der Waals surface area (Å²) in [5, 5.41) is 5.30. The third-order valence-electron chi connectivity index (χ3n) is 5.34. The van der Waals surface area contributed by atoms with Crippen LogP contribution >= 0.6 is 27.3 Å². The molecular formula is C24H26BrNO7S2. The molecule has 0 saturated heterocycles. The van der Waals surface area contributed by atoms with E-state index < -0.39 is 16.1 Å². The van der Waals surface area contributed by atoms with Crippen LogP contribution in [0.1, 0.15) is 22.1 Å². The number of sulfonamides is 1. The smallest absolute Gasteiger partial charge is 0.213 e. The molecule has 8 nitrogen and oxygen atoms in total. The van der Waals surface area contributed by atoms with Crippen LogP contribution in [0.3, 0.4) is 0 Å². The third-order valence-corrected chi connectivity index (χ3v) is 7.74. The van der Waals surface area contributed by atoms with Gasteiger partial charge in [-0.15, -0.1) is 11.3 Å². The van der Waals surface area contributed by atoms with Gasteiger partial charge in [-0.2, -0.15) is 0 Å². The molecule has 0 saturated carbocycles. The molecule has 11 heteroatoms. The SMILES string of the molecule is COCCOCCOc1ccc2c(c1OC)-c1ccc(CS(N)(=O)=O)cc1C(c1ccc(Br)s1)O2. The second-order valence-electron chi connectivity index (χ2n) is 7.79. The summed E-state index contributed by atoms with van der Waals surface area (Å²) in [4.78, 5) is 0.976. The molecule has 0 spiro atoms. The first-order valence-corrected chi connectivity index (χ1v) is 14.1. The van der Waals surface area contributed by atoms with E-state index in [1.165, 1.54) is 0 Å². The summed E-state index contributed by atoms with van der Waals surface area (Å²) >= 11 is 5.07. The molecule has 0 amide bonds. The molecule has 4 rings (SSSR count). The maximum absolute atomic E-state index is 11.7. The van der Waals surface area contributed by atoms with Crippen molar-refractivity contribution in [1.29, 1.82) is 0 Å². The standard InChI is InChI=1S/C24H26BrNO7S2/c1-29-9-10-31-11-12-32-19-6-5-18-22(24(19)30-2)16-4-3-15(14-35(26,27)28)13-17(16)23(33-18)20-7-8-21(25)34-20/h3-8,13,23H,9-12,14H2,1-2H3,(H2,26,27,28). The lowest BCUT2D eigenvalue weighted by atomic mass is 9.90. The summed E-state index contributed by atoms with van der Waals surface area (Å²) in [5.41, 5.74) is 3.02. The molecule has 188 valence electrons. The van der Waals surface area contributed by atoms with E-state index in [1.54, 1.807) is 31.6 Å². The van der Waals surface area contributed by atoms with Crippen LogP contribution in [0.15, 0.2) is 46.3 Å². The Hall–Kier alpha value is -2.15. The van der Waals surface area contributed by atoms with Gasteiger partial charge in [0, 0.05) is 12.7 Å². The first kappa shape index (κ1) is 25.9. The molecule has 1 aliphatic heterocycles. The van der Waals surface area contributed by atoms with E-state index >= 15 is 0 Å². The lowest BCUT2D eigenvalue weighted by Crippen LogP contribution is -2.18. The summed E-state index contributed by atoms with van der Waals surface area (Å²) in [5.74, 6) is 1.47. The van der Waals surface area contributed by atoms with Crippen LogP contribution in [0.2, 0.25) is 0 Å². The van der Waals surface area contributed by atoms with Crippen molar-refractivity contribution in [2.24, 2.45) is 5.14 Å². The molecule has 2 aromatic carbocycles. The van der Waals surface area contributed by atoms with E-state index in [0.29, 0.717) is 49.2 Å². The van der Waals surface area contributed by atoms with Gasteiger partial charge in [0.15, 0.2) is 17.6 Å². The average Bonchev–Trinajstić information content (AvgIpc) is 3.25. The van der Waals surface area contributed by atoms with Crippen molar-refractivity contribution >= 4 is 37.3 Å². The highest BCUT2D eigenvalue weighted by atomic mass is 79.9. The fourth-order valence-corrected chi connectivity index (χ4v) is 6.04. The number of fused-ring (bicyclic) bond motifs is 3. The van der Waals surface area contributed by atoms with Gasteiger partial charge in [-0.05, 0) is 51.3 Å². The normalized spacial score (nSPS) is 14.7. The maximum Gasteiger partial charge on any atom is 0.213 e. The van der Waals surface area contributed by atoms with Crippen molar-refractivity contribution < 1.29 is 32.1 Å². The van der Waals surface area contributed by atoms with Gasteiger partial charge >= 0.3 is 0 Å². The molecule has 1 aliphatic rings. The predicted molar refractivity (Wildman–Crippen MR) is 138 cm³/mol. The number of hydrogen-bond donors (Lipinski definition) is 1. The van der Waals surface area contributed by atoms with E-state index in [2.05, 4.69) is 15.9 Å². The number of thiophene rings is 1. The minimum atomic E-state index is -3.69. The Morgan fingerprint density at radius 2 is 1.86 bits per heavy atom. The van der Waals surface area contributed by atoms with Gasteiger partial charge in [-0.25, -0.2) is 13.6 Å². The van der Waals surface area contributed by atoms with Crippen molar-refractivity contribution in [3.05, 3.63) is 62.3 Å². The first-order chi connectivity index (χ1) is 16.8. The Morgan fingerprint density at radius 1 is 1.06 bits per heavy atom. The number of hydrogen-bond acceptors (Lipinski definition) is 8. The molecule has 3 aromatic rings. The monoisotopic (exact) mass is 583 g/mol. The topological polar surface area (TPSA) is 106 Å². The fourth-order valence-electron chi connectivity index (χ4n) is 3.92. The number of primary sulfonamides is 1. The van der Waals surface area contributed by atoms with E-state index in [-0.39, 0.29) is 5.75 Å².